The first-order chi connectivity index (χ1) is 9.77. The standard InChI is InChI=1S/C15H19N3OS/c1-3-15(8-9-16-10-15)14-17-13(18-19-14)11-4-6-12(20-2)7-5-11/h4-7,16H,3,8-10H2,1-2H3. The highest BCUT2D eigenvalue weighted by Gasteiger charge is 2.39. The van der Waals surface area contributed by atoms with Crippen molar-refractivity contribution in [3.05, 3.63) is 30.2 Å². The van der Waals surface area contributed by atoms with Crippen molar-refractivity contribution in [3.8, 4) is 11.4 Å². The maximum Gasteiger partial charge on any atom is 0.234 e. The molecule has 106 valence electrons. The fourth-order valence-corrected chi connectivity index (χ4v) is 3.08. The van der Waals surface area contributed by atoms with Gasteiger partial charge in [-0.05, 0) is 49.9 Å². The normalized spacial score (nSPS) is 22.3. The number of hydrogen-bond acceptors (Lipinski definition) is 5. The van der Waals surface area contributed by atoms with Crippen molar-refractivity contribution in [2.75, 3.05) is 19.3 Å². The third kappa shape index (κ3) is 2.36. The molecule has 1 aromatic heterocycles. The Balaban J connectivity index is 1.89. The lowest BCUT2D eigenvalue weighted by molar-refractivity contribution is 0.285. The number of nitrogens with one attached hydrogen (secondary N) is 1. The third-order valence-corrected chi connectivity index (χ3v) is 4.89. The second kappa shape index (κ2) is 5.58. The molecule has 1 unspecified atom stereocenters. The minimum absolute atomic E-state index is 0.0183. The molecule has 1 aliphatic heterocycles. The van der Waals surface area contributed by atoms with Crippen LogP contribution in [0.3, 0.4) is 0 Å². The van der Waals surface area contributed by atoms with Crippen molar-refractivity contribution < 1.29 is 4.52 Å². The molecule has 20 heavy (non-hydrogen) atoms. The van der Waals surface area contributed by atoms with Crippen molar-refractivity contribution in [1.29, 1.82) is 0 Å². The van der Waals surface area contributed by atoms with Gasteiger partial charge in [-0.1, -0.05) is 12.1 Å². The Labute approximate surface area is 123 Å². The van der Waals surface area contributed by atoms with Crippen molar-refractivity contribution >= 4 is 11.8 Å². The molecule has 1 fully saturated rings. The van der Waals surface area contributed by atoms with Crippen LogP contribution >= 0.6 is 11.8 Å². The number of hydrogen-bond donors (Lipinski definition) is 1. The maximum atomic E-state index is 5.55. The SMILES string of the molecule is CCC1(c2nc(-c3ccc(SC)cc3)no2)CCNC1. The summed E-state index contributed by atoms with van der Waals surface area (Å²) in [6.45, 7) is 4.13. The van der Waals surface area contributed by atoms with E-state index in [9.17, 15) is 0 Å². The molecule has 4 nitrogen and oxygen atoms in total. The molecule has 1 atom stereocenters. The molecule has 3 rings (SSSR count). The summed E-state index contributed by atoms with van der Waals surface area (Å²) < 4.78 is 5.55. The van der Waals surface area contributed by atoms with E-state index in [2.05, 4.69) is 40.8 Å². The molecule has 0 saturated carbocycles. The van der Waals surface area contributed by atoms with Crippen LogP contribution < -0.4 is 5.32 Å². The lowest BCUT2D eigenvalue weighted by Crippen LogP contribution is -2.28. The topological polar surface area (TPSA) is 51.0 Å². The Bertz CT molecular complexity index is 573. The average Bonchev–Trinajstić information content (AvgIpc) is 3.17. The summed E-state index contributed by atoms with van der Waals surface area (Å²) in [5, 5.41) is 7.55. The number of thioether (sulfide) groups is 1. The first-order valence-electron chi connectivity index (χ1n) is 6.97. The van der Waals surface area contributed by atoms with Crippen LogP contribution in [0.25, 0.3) is 11.4 Å². The first kappa shape index (κ1) is 13.6. The molecule has 2 heterocycles. The van der Waals surface area contributed by atoms with E-state index in [0.29, 0.717) is 5.82 Å². The van der Waals surface area contributed by atoms with E-state index in [0.717, 1.165) is 37.4 Å². The highest BCUT2D eigenvalue weighted by molar-refractivity contribution is 7.98. The van der Waals surface area contributed by atoms with Crippen LogP contribution in [0.1, 0.15) is 25.7 Å². The quantitative estimate of drug-likeness (QED) is 0.877. The maximum absolute atomic E-state index is 5.55. The zero-order chi connectivity index (χ0) is 14.0. The van der Waals surface area contributed by atoms with Gasteiger partial charge in [0.2, 0.25) is 11.7 Å². The number of aromatic nitrogens is 2. The van der Waals surface area contributed by atoms with E-state index in [-0.39, 0.29) is 5.41 Å². The monoisotopic (exact) mass is 289 g/mol. The van der Waals surface area contributed by atoms with Crippen LogP contribution in [0.4, 0.5) is 0 Å². The van der Waals surface area contributed by atoms with Gasteiger partial charge in [0.05, 0.1) is 5.41 Å². The lowest BCUT2D eigenvalue weighted by Gasteiger charge is -2.20. The van der Waals surface area contributed by atoms with Gasteiger partial charge in [0.15, 0.2) is 0 Å². The van der Waals surface area contributed by atoms with Gasteiger partial charge >= 0.3 is 0 Å². The summed E-state index contributed by atoms with van der Waals surface area (Å²) in [5.74, 6) is 1.46. The van der Waals surface area contributed by atoms with Crippen LogP contribution in [-0.2, 0) is 5.41 Å². The summed E-state index contributed by atoms with van der Waals surface area (Å²) >= 11 is 1.73. The van der Waals surface area contributed by atoms with Gasteiger partial charge in [0, 0.05) is 17.0 Å². The molecule has 1 aliphatic rings. The smallest absolute Gasteiger partial charge is 0.234 e. The second-order valence-corrected chi connectivity index (χ2v) is 6.09. The van der Waals surface area contributed by atoms with Crippen molar-refractivity contribution in [3.63, 3.8) is 0 Å². The molecule has 0 radical (unpaired) electrons. The third-order valence-electron chi connectivity index (χ3n) is 4.15. The minimum Gasteiger partial charge on any atom is -0.338 e. The molecule has 1 aromatic carbocycles. The van der Waals surface area contributed by atoms with Crippen LogP contribution in [-0.4, -0.2) is 29.5 Å². The Morgan fingerprint density at radius 1 is 1.35 bits per heavy atom. The van der Waals surface area contributed by atoms with Crippen molar-refractivity contribution in [2.24, 2.45) is 0 Å². The molecule has 2 aromatic rings. The number of rotatable bonds is 4. The zero-order valence-electron chi connectivity index (χ0n) is 11.8. The molecule has 1 saturated heterocycles. The molecular weight excluding hydrogens is 270 g/mol. The summed E-state index contributed by atoms with van der Waals surface area (Å²) in [6, 6.07) is 8.27. The number of benzene rings is 1. The average molecular weight is 289 g/mol. The largest absolute Gasteiger partial charge is 0.338 e. The van der Waals surface area contributed by atoms with E-state index in [1.54, 1.807) is 11.8 Å². The van der Waals surface area contributed by atoms with Gasteiger partial charge in [-0.2, -0.15) is 4.98 Å². The molecule has 5 heteroatoms. The van der Waals surface area contributed by atoms with Gasteiger partial charge in [0.1, 0.15) is 0 Å². The van der Waals surface area contributed by atoms with E-state index in [1.165, 1.54) is 4.90 Å². The Kier molecular flexibility index (Phi) is 3.81. The predicted molar refractivity (Wildman–Crippen MR) is 81.0 cm³/mol. The van der Waals surface area contributed by atoms with E-state index < -0.39 is 0 Å². The highest BCUT2D eigenvalue weighted by Crippen LogP contribution is 2.34. The molecule has 0 aliphatic carbocycles. The zero-order valence-corrected chi connectivity index (χ0v) is 12.7. The molecule has 0 amide bonds. The second-order valence-electron chi connectivity index (χ2n) is 5.21. The highest BCUT2D eigenvalue weighted by atomic mass is 32.2. The summed E-state index contributed by atoms with van der Waals surface area (Å²) in [7, 11) is 0. The fraction of sp³-hybridized carbons (Fsp3) is 0.467. The Morgan fingerprint density at radius 3 is 2.75 bits per heavy atom. The minimum atomic E-state index is 0.0183. The molecule has 1 N–H and O–H groups in total. The van der Waals surface area contributed by atoms with Gasteiger partial charge in [0.25, 0.3) is 0 Å². The van der Waals surface area contributed by atoms with Gasteiger partial charge in [-0.25, -0.2) is 0 Å². The van der Waals surface area contributed by atoms with Gasteiger partial charge in [-0.15, -0.1) is 11.8 Å². The van der Waals surface area contributed by atoms with Crippen LogP contribution in [0.5, 0.6) is 0 Å². The van der Waals surface area contributed by atoms with Gasteiger partial charge < -0.3 is 9.84 Å². The first-order valence-corrected chi connectivity index (χ1v) is 8.19. The van der Waals surface area contributed by atoms with Crippen molar-refractivity contribution in [1.82, 2.24) is 15.5 Å². The summed E-state index contributed by atoms with van der Waals surface area (Å²) in [5.41, 5.74) is 1.03. The molecule has 0 bridgehead atoms. The van der Waals surface area contributed by atoms with E-state index >= 15 is 0 Å². The van der Waals surface area contributed by atoms with Crippen LogP contribution in [0.15, 0.2) is 33.7 Å². The van der Waals surface area contributed by atoms with Gasteiger partial charge in [-0.3, -0.25) is 0 Å². The predicted octanol–water partition coefficient (Wildman–Crippen LogP) is 3.10. The summed E-state index contributed by atoms with van der Waals surface area (Å²) in [6.07, 6.45) is 4.16. The Hall–Kier alpha value is -1.33. The fourth-order valence-electron chi connectivity index (χ4n) is 2.68. The van der Waals surface area contributed by atoms with Crippen LogP contribution in [0, 0.1) is 0 Å². The molecule has 0 spiro atoms. The summed E-state index contributed by atoms with van der Waals surface area (Å²) in [4.78, 5) is 5.87. The van der Waals surface area contributed by atoms with Crippen LogP contribution in [0.2, 0.25) is 0 Å². The van der Waals surface area contributed by atoms with E-state index in [4.69, 9.17) is 4.52 Å². The number of nitrogens with zero attached hydrogens (tertiary/aromatic N) is 2. The molecular formula is C15H19N3OS. The lowest BCUT2D eigenvalue weighted by atomic mass is 9.84. The van der Waals surface area contributed by atoms with Crippen molar-refractivity contribution in [2.45, 2.75) is 30.1 Å². The van der Waals surface area contributed by atoms with E-state index in [1.807, 2.05) is 12.1 Å². The Morgan fingerprint density at radius 2 is 2.15 bits per heavy atom.